The summed E-state index contributed by atoms with van der Waals surface area (Å²) in [6.45, 7) is 0.528. The third kappa shape index (κ3) is 4.90. The molecule has 0 aromatic heterocycles. The van der Waals surface area contributed by atoms with Crippen LogP contribution in [0.15, 0.2) is 42.5 Å². The Kier molecular flexibility index (Phi) is 6.50. The normalized spacial score (nSPS) is 10.3. The van der Waals surface area contributed by atoms with Crippen molar-refractivity contribution in [2.24, 2.45) is 0 Å². The lowest BCUT2D eigenvalue weighted by molar-refractivity contribution is -0.130. The Morgan fingerprint density at radius 3 is 2.25 bits per heavy atom. The zero-order chi connectivity index (χ0) is 17.5. The van der Waals surface area contributed by atoms with Crippen LogP contribution in [0.4, 0.5) is 0 Å². The summed E-state index contributed by atoms with van der Waals surface area (Å²) in [5, 5.41) is 0.704. The maximum absolute atomic E-state index is 12.3. The van der Waals surface area contributed by atoms with E-state index in [9.17, 15) is 4.79 Å². The summed E-state index contributed by atoms with van der Waals surface area (Å²) >= 11 is 5.87. The highest BCUT2D eigenvalue weighted by Gasteiger charge is 2.11. The predicted molar refractivity (Wildman–Crippen MR) is 95.8 cm³/mol. The molecule has 4 nitrogen and oxygen atoms in total. The standard InChI is InChI=1S/C19H22ClNO3/c1-21(13-15-6-10-17(23-2)18(12-15)24-3)19(22)11-7-14-4-8-16(20)9-5-14/h4-6,8-10,12H,7,11,13H2,1-3H3. The molecule has 0 aliphatic heterocycles. The Hall–Kier alpha value is -2.20. The molecule has 0 saturated carbocycles. The van der Waals surface area contributed by atoms with Gasteiger partial charge in [0.1, 0.15) is 0 Å². The highest BCUT2D eigenvalue weighted by Crippen LogP contribution is 2.28. The molecule has 2 rings (SSSR count). The molecule has 2 aromatic rings. The van der Waals surface area contributed by atoms with Gasteiger partial charge in [-0.1, -0.05) is 29.8 Å². The Morgan fingerprint density at radius 1 is 1.00 bits per heavy atom. The minimum Gasteiger partial charge on any atom is -0.493 e. The third-order valence-electron chi connectivity index (χ3n) is 3.83. The lowest BCUT2D eigenvalue weighted by Gasteiger charge is -2.18. The summed E-state index contributed by atoms with van der Waals surface area (Å²) in [6.07, 6.45) is 1.16. The maximum Gasteiger partial charge on any atom is 0.222 e. The van der Waals surface area contributed by atoms with Gasteiger partial charge in [0.25, 0.3) is 0 Å². The van der Waals surface area contributed by atoms with Crippen LogP contribution in [0.3, 0.4) is 0 Å². The minimum atomic E-state index is 0.0970. The molecule has 0 fully saturated rings. The summed E-state index contributed by atoms with van der Waals surface area (Å²) in [5.41, 5.74) is 2.10. The third-order valence-corrected chi connectivity index (χ3v) is 4.09. The SMILES string of the molecule is COc1ccc(CN(C)C(=O)CCc2ccc(Cl)cc2)cc1OC. The number of hydrogen-bond donors (Lipinski definition) is 0. The smallest absolute Gasteiger partial charge is 0.222 e. The van der Waals surface area contributed by atoms with Crippen molar-refractivity contribution >= 4 is 17.5 Å². The zero-order valence-corrected chi connectivity index (χ0v) is 15.0. The van der Waals surface area contributed by atoms with E-state index in [2.05, 4.69) is 0 Å². The van der Waals surface area contributed by atoms with Gasteiger partial charge in [-0.3, -0.25) is 4.79 Å². The largest absolute Gasteiger partial charge is 0.493 e. The second-order valence-electron chi connectivity index (χ2n) is 5.57. The van der Waals surface area contributed by atoms with Gasteiger partial charge in [-0.2, -0.15) is 0 Å². The molecule has 0 bridgehead atoms. The molecule has 0 N–H and O–H groups in total. The molecule has 1 amide bonds. The molecule has 0 aliphatic rings. The Morgan fingerprint density at radius 2 is 1.62 bits per heavy atom. The summed E-state index contributed by atoms with van der Waals surface area (Å²) in [5.74, 6) is 1.44. The second kappa shape index (κ2) is 8.60. The van der Waals surface area contributed by atoms with Crippen LogP contribution < -0.4 is 9.47 Å². The molecule has 0 radical (unpaired) electrons. The van der Waals surface area contributed by atoms with Gasteiger partial charge in [-0.05, 0) is 41.8 Å². The predicted octanol–water partition coefficient (Wildman–Crippen LogP) is 3.95. The van der Waals surface area contributed by atoms with E-state index in [0.717, 1.165) is 11.1 Å². The lowest BCUT2D eigenvalue weighted by atomic mass is 10.1. The molecule has 0 aliphatic carbocycles. The van der Waals surface area contributed by atoms with Crippen LogP contribution in [0.2, 0.25) is 5.02 Å². The average Bonchev–Trinajstić information content (AvgIpc) is 2.60. The van der Waals surface area contributed by atoms with Gasteiger partial charge in [-0.25, -0.2) is 0 Å². The number of carbonyl (C=O) groups excluding carboxylic acids is 1. The van der Waals surface area contributed by atoms with Gasteiger partial charge >= 0.3 is 0 Å². The van der Waals surface area contributed by atoms with E-state index >= 15 is 0 Å². The van der Waals surface area contributed by atoms with Crippen molar-refractivity contribution in [1.29, 1.82) is 0 Å². The number of carbonyl (C=O) groups is 1. The van der Waals surface area contributed by atoms with Crippen molar-refractivity contribution in [2.45, 2.75) is 19.4 Å². The summed E-state index contributed by atoms with van der Waals surface area (Å²) in [6, 6.07) is 13.3. The molecule has 0 atom stereocenters. The Labute approximate surface area is 147 Å². The fraction of sp³-hybridized carbons (Fsp3) is 0.316. The van der Waals surface area contributed by atoms with Crippen LogP contribution in [0.5, 0.6) is 11.5 Å². The van der Waals surface area contributed by atoms with E-state index in [1.54, 1.807) is 26.2 Å². The van der Waals surface area contributed by atoms with Crippen LogP contribution in [0.25, 0.3) is 0 Å². The molecular weight excluding hydrogens is 326 g/mol. The number of nitrogens with zero attached hydrogens (tertiary/aromatic N) is 1. The van der Waals surface area contributed by atoms with E-state index in [0.29, 0.717) is 35.9 Å². The molecule has 5 heteroatoms. The monoisotopic (exact) mass is 347 g/mol. The topological polar surface area (TPSA) is 38.8 Å². The van der Waals surface area contributed by atoms with E-state index in [4.69, 9.17) is 21.1 Å². The van der Waals surface area contributed by atoms with E-state index in [1.165, 1.54) is 0 Å². The molecule has 24 heavy (non-hydrogen) atoms. The first-order valence-corrected chi connectivity index (χ1v) is 8.10. The van der Waals surface area contributed by atoms with Gasteiger partial charge in [0, 0.05) is 25.0 Å². The fourth-order valence-corrected chi connectivity index (χ4v) is 2.56. The van der Waals surface area contributed by atoms with E-state index in [1.807, 2.05) is 42.5 Å². The van der Waals surface area contributed by atoms with E-state index < -0.39 is 0 Å². The number of hydrogen-bond acceptors (Lipinski definition) is 3. The van der Waals surface area contributed by atoms with Gasteiger partial charge in [0.15, 0.2) is 11.5 Å². The first-order chi connectivity index (χ1) is 11.5. The number of rotatable bonds is 7. The van der Waals surface area contributed by atoms with Crippen molar-refractivity contribution in [2.75, 3.05) is 21.3 Å². The maximum atomic E-state index is 12.3. The van der Waals surface area contributed by atoms with Crippen molar-refractivity contribution < 1.29 is 14.3 Å². The average molecular weight is 348 g/mol. The zero-order valence-electron chi connectivity index (χ0n) is 14.2. The molecule has 0 unspecified atom stereocenters. The highest BCUT2D eigenvalue weighted by atomic mass is 35.5. The van der Waals surface area contributed by atoms with Crippen molar-refractivity contribution in [3.63, 3.8) is 0 Å². The van der Waals surface area contributed by atoms with Crippen LogP contribution in [-0.2, 0) is 17.8 Å². The van der Waals surface area contributed by atoms with Crippen molar-refractivity contribution in [3.05, 3.63) is 58.6 Å². The molecule has 2 aromatic carbocycles. The van der Waals surface area contributed by atoms with Gasteiger partial charge in [0.2, 0.25) is 5.91 Å². The molecule has 128 valence electrons. The minimum absolute atomic E-state index is 0.0970. The molecule has 0 saturated heterocycles. The molecular formula is C19H22ClNO3. The van der Waals surface area contributed by atoms with E-state index in [-0.39, 0.29) is 5.91 Å². The number of benzene rings is 2. The quantitative estimate of drug-likeness (QED) is 0.761. The van der Waals surface area contributed by atoms with Gasteiger partial charge < -0.3 is 14.4 Å². The van der Waals surface area contributed by atoms with Crippen molar-refractivity contribution in [1.82, 2.24) is 4.90 Å². The number of ether oxygens (including phenoxy) is 2. The molecule has 0 spiro atoms. The Balaban J connectivity index is 1.92. The second-order valence-corrected chi connectivity index (χ2v) is 6.00. The van der Waals surface area contributed by atoms with Crippen molar-refractivity contribution in [3.8, 4) is 11.5 Å². The summed E-state index contributed by atoms with van der Waals surface area (Å²) < 4.78 is 10.5. The Bertz CT molecular complexity index is 686. The first kappa shape index (κ1) is 18.1. The summed E-state index contributed by atoms with van der Waals surface area (Å²) in [7, 11) is 5.01. The fourth-order valence-electron chi connectivity index (χ4n) is 2.43. The van der Waals surface area contributed by atoms with Crippen LogP contribution in [0.1, 0.15) is 17.5 Å². The molecule has 0 heterocycles. The highest BCUT2D eigenvalue weighted by molar-refractivity contribution is 6.30. The van der Waals surface area contributed by atoms with Crippen LogP contribution in [0, 0.1) is 0 Å². The first-order valence-electron chi connectivity index (χ1n) is 7.72. The lowest BCUT2D eigenvalue weighted by Crippen LogP contribution is -2.26. The van der Waals surface area contributed by atoms with Gasteiger partial charge in [0.05, 0.1) is 14.2 Å². The number of amides is 1. The van der Waals surface area contributed by atoms with Crippen LogP contribution >= 0.6 is 11.6 Å². The number of halogens is 1. The van der Waals surface area contributed by atoms with Gasteiger partial charge in [-0.15, -0.1) is 0 Å². The number of methoxy groups -OCH3 is 2. The number of aryl methyl sites for hydroxylation is 1. The van der Waals surface area contributed by atoms with Crippen LogP contribution in [-0.4, -0.2) is 32.1 Å². The summed E-state index contributed by atoms with van der Waals surface area (Å²) in [4.78, 5) is 14.0.